The third-order valence-corrected chi connectivity index (χ3v) is 8.09. The Hall–Kier alpha value is -3.90. The molecule has 0 spiro atoms. The lowest BCUT2D eigenvalue weighted by Gasteiger charge is -2.39. The minimum absolute atomic E-state index is 0.0102. The number of hydrogen-bond donors (Lipinski definition) is 0. The Kier molecular flexibility index (Phi) is 6.96. The number of hydrogen-bond acceptors (Lipinski definition) is 2. The maximum Gasteiger partial charge on any atom is 0.237 e. The fraction of sp³-hybridized carbons (Fsp3) is 0.242. The highest BCUT2D eigenvalue weighted by Gasteiger charge is 2.36. The van der Waals surface area contributed by atoms with Gasteiger partial charge in [-0.2, -0.15) is 0 Å². The van der Waals surface area contributed by atoms with Crippen molar-refractivity contribution in [3.05, 3.63) is 142 Å². The molecule has 6 rings (SSSR count). The summed E-state index contributed by atoms with van der Waals surface area (Å²) in [5.74, 6) is -2.31. The zero-order chi connectivity index (χ0) is 26.9. The number of benzene rings is 4. The van der Waals surface area contributed by atoms with Crippen LogP contribution in [-0.2, 0) is 30.6 Å². The van der Waals surface area contributed by atoms with Crippen LogP contribution in [-0.4, -0.2) is 34.8 Å². The largest absolute Gasteiger partial charge is 0.333 e. The molecule has 0 saturated heterocycles. The average molecular weight is 527 g/mol. The molecule has 198 valence electrons. The topological polar surface area (TPSA) is 23.6 Å². The van der Waals surface area contributed by atoms with Gasteiger partial charge in [-0.15, -0.1) is 0 Å². The van der Waals surface area contributed by atoms with Crippen molar-refractivity contribution in [3.8, 4) is 0 Å². The van der Waals surface area contributed by atoms with Crippen LogP contribution in [0.3, 0.4) is 0 Å². The van der Waals surface area contributed by atoms with Crippen LogP contribution in [0.1, 0.15) is 39.4 Å². The van der Waals surface area contributed by atoms with Gasteiger partial charge in [0.1, 0.15) is 5.82 Å². The maximum atomic E-state index is 15.1. The number of carbonyl (C=O) groups is 1. The van der Waals surface area contributed by atoms with E-state index < -0.39 is 17.7 Å². The van der Waals surface area contributed by atoms with Gasteiger partial charge in [0.25, 0.3) is 0 Å². The maximum absolute atomic E-state index is 15.1. The van der Waals surface area contributed by atoms with Crippen LogP contribution < -0.4 is 0 Å². The van der Waals surface area contributed by atoms with Crippen LogP contribution in [0, 0.1) is 17.5 Å². The van der Waals surface area contributed by atoms with E-state index in [1.54, 1.807) is 29.2 Å². The predicted molar refractivity (Wildman–Crippen MR) is 145 cm³/mol. The SMILES string of the molecule is O=C(CN1CCc2ccccc2C1c1cccc(F)c1F)N(Cc1ccccc1F)C1Cc2ccccc2C1. The third kappa shape index (κ3) is 4.97. The van der Waals surface area contributed by atoms with Crippen LogP contribution in [0.15, 0.2) is 91.0 Å². The Morgan fingerprint density at radius 3 is 2.10 bits per heavy atom. The van der Waals surface area contributed by atoms with E-state index in [2.05, 4.69) is 12.1 Å². The minimum Gasteiger partial charge on any atom is -0.333 e. The van der Waals surface area contributed by atoms with E-state index in [-0.39, 0.29) is 36.4 Å². The van der Waals surface area contributed by atoms with E-state index in [4.69, 9.17) is 0 Å². The highest BCUT2D eigenvalue weighted by atomic mass is 19.2. The molecule has 3 nitrogen and oxygen atoms in total. The molecule has 0 radical (unpaired) electrons. The van der Waals surface area contributed by atoms with Crippen molar-refractivity contribution in [3.63, 3.8) is 0 Å². The monoisotopic (exact) mass is 526 g/mol. The molecule has 1 aliphatic heterocycles. The third-order valence-electron chi connectivity index (χ3n) is 8.09. The van der Waals surface area contributed by atoms with Crippen LogP contribution in [0.2, 0.25) is 0 Å². The molecule has 1 atom stereocenters. The fourth-order valence-electron chi connectivity index (χ4n) is 6.14. The zero-order valence-corrected chi connectivity index (χ0v) is 21.5. The molecule has 0 N–H and O–H groups in total. The van der Waals surface area contributed by atoms with Crippen molar-refractivity contribution < 1.29 is 18.0 Å². The van der Waals surface area contributed by atoms with Crippen molar-refractivity contribution in [2.75, 3.05) is 13.1 Å². The number of fused-ring (bicyclic) bond motifs is 2. The Bertz CT molecular complexity index is 1500. The predicted octanol–water partition coefficient (Wildman–Crippen LogP) is 6.25. The molecule has 4 aromatic carbocycles. The van der Waals surface area contributed by atoms with Gasteiger partial charge in [-0.3, -0.25) is 9.69 Å². The lowest BCUT2D eigenvalue weighted by Crippen LogP contribution is -2.48. The normalized spacial score (nSPS) is 17.1. The lowest BCUT2D eigenvalue weighted by molar-refractivity contribution is -0.136. The average Bonchev–Trinajstić information content (AvgIpc) is 3.38. The second-order valence-corrected chi connectivity index (χ2v) is 10.4. The zero-order valence-electron chi connectivity index (χ0n) is 21.5. The van der Waals surface area contributed by atoms with Crippen LogP contribution in [0.5, 0.6) is 0 Å². The molecule has 1 unspecified atom stereocenters. The molecule has 1 heterocycles. The van der Waals surface area contributed by atoms with Crippen molar-refractivity contribution >= 4 is 5.91 Å². The molecule has 0 bridgehead atoms. The van der Waals surface area contributed by atoms with E-state index in [1.807, 2.05) is 41.3 Å². The second kappa shape index (κ2) is 10.7. The van der Waals surface area contributed by atoms with E-state index in [1.165, 1.54) is 23.3 Å². The van der Waals surface area contributed by atoms with Crippen molar-refractivity contribution in [2.24, 2.45) is 0 Å². The first-order valence-electron chi connectivity index (χ1n) is 13.3. The van der Waals surface area contributed by atoms with Gasteiger partial charge in [-0.25, -0.2) is 13.2 Å². The molecular formula is C33H29F3N2O. The van der Waals surface area contributed by atoms with Crippen LogP contribution in [0.4, 0.5) is 13.2 Å². The molecule has 6 heteroatoms. The van der Waals surface area contributed by atoms with E-state index >= 15 is 4.39 Å². The van der Waals surface area contributed by atoms with Gasteiger partial charge in [0, 0.05) is 30.3 Å². The van der Waals surface area contributed by atoms with Gasteiger partial charge >= 0.3 is 0 Å². The number of nitrogens with zero attached hydrogens (tertiary/aromatic N) is 2. The quantitative estimate of drug-likeness (QED) is 0.297. The number of rotatable bonds is 6. The van der Waals surface area contributed by atoms with E-state index in [0.717, 1.165) is 17.2 Å². The molecule has 2 aliphatic rings. The first-order valence-corrected chi connectivity index (χ1v) is 13.3. The lowest BCUT2D eigenvalue weighted by atomic mass is 9.88. The standard InChI is InChI=1S/C33H29F3N2O/c34-29-14-6-4-11-25(29)20-38(26-18-23-9-1-2-10-24(23)19-26)31(39)21-37-17-16-22-8-3-5-12-27(22)33(37)28-13-7-15-30(35)32(28)36/h1-15,26,33H,16-21H2. The molecule has 0 fully saturated rings. The summed E-state index contributed by atoms with van der Waals surface area (Å²) in [5.41, 5.74) is 4.99. The van der Waals surface area contributed by atoms with Gasteiger partial charge in [0.15, 0.2) is 11.6 Å². The highest BCUT2D eigenvalue weighted by Crippen LogP contribution is 2.37. The summed E-state index contributed by atoms with van der Waals surface area (Å²) in [5, 5.41) is 0. The van der Waals surface area contributed by atoms with Crippen LogP contribution >= 0.6 is 0 Å². The second-order valence-electron chi connectivity index (χ2n) is 10.4. The Balaban J connectivity index is 1.34. The summed E-state index contributed by atoms with van der Waals surface area (Å²) in [6.07, 6.45) is 2.08. The summed E-state index contributed by atoms with van der Waals surface area (Å²) in [6.45, 7) is 0.672. The minimum atomic E-state index is -0.910. The van der Waals surface area contributed by atoms with Crippen molar-refractivity contribution in [1.82, 2.24) is 9.80 Å². The molecule has 4 aromatic rings. The van der Waals surface area contributed by atoms with Gasteiger partial charge in [0.05, 0.1) is 12.6 Å². The molecule has 39 heavy (non-hydrogen) atoms. The smallest absolute Gasteiger partial charge is 0.237 e. The summed E-state index contributed by atoms with van der Waals surface area (Å²) in [7, 11) is 0. The molecule has 1 amide bonds. The Morgan fingerprint density at radius 1 is 0.744 bits per heavy atom. The van der Waals surface area contributed by atoms with Crippen molar-refractivity contribution in [2.45, 2.75) is 37.9 Å². The molecular weight excluding hydrogens is 497 g/mol. The first-order chi connectivity index (χ1) is 19.0. The van der Waals surface area contributed by atoms with E-state index in [9.17, 15) is 13.6 Å². The van der Waals surface area contributed by atoms with Crippen LogP contribution in [0.25, 0.3) is 0 Å². The van der Waals surface area contributed by atoms with Gasteiger partial charge in [0.2, 0.25) is 5.91 Å². The van der Waals surface area contributed by atoms with Gasteiger partial charge in [-0.05, 0) is 53.6 Å². The Labute approximate surface area is 226 Å². The van der Waals surface area contributed by atoms with E-state index in [0.29, 0.717) is 31.4 Å². The molecule has 0 aromatic heterocycles. The summed E-state index contributed by atoms with van der Waals surface area (Å²) in [4.78, 5) is 17.8. The summed E-state index contributed by atoms with van der Waals surface area (Å²) >= 11 is 0. The van der Waals surface area contributed by atoms with Crippen molar-refractivity contribution in [1.29, 1.82) is 0 Å². The number of amides is 1. The molecule has 1 aliphatic carbocycles. The summed E-state index contributed by atoms with van der Waals surface area (Å²) in [6, 6.07) is 25.9. The number of carbonyl (C=O) groups excluding carboxylic acids is 1. The van der Waals surface area contributed by atoms with Gasteiger partial charge in [-0.1, -0.05) is 78.9 Å². The molecule has 0 saturated carbocycles. The Morgan fingerprint density at radius 2 is 1.36 bits per heavy atom. The van der Waals surface area contributed by atoms with Gasteiger partial charge < -0.3 is 4.90 Å². The number of halogens is 3. The summed E-state index contributed by atoms with van der Waals surface area (Å²) < 4.78 is 44.2. The highest BCUT2D eigenvalue weighted by molar-refractivity contribution is 5.79. The fourth-order valence-corrected chi connectivity index (χ4v) is 6.14. The first kappa shape index (κ1) is 25.4.